The van der Waals surface area contributed by atoms with Crippen molar-refractivity contribution in [2.75, 3.05) is 12.4 Å². The summed E-state index contributed by atoms with van der Waals surface area (Å²) in [6.45, 7) is 3.45. The SMILES string of the molecule is COc1cc([N+](=O)[O-])ccc1NC(=O)c1c(C)n[nH]c1C. The number of aryl methyl sites for hydroxylation is 2. The number of ether oxygens (including phenoxy) is 1. The minimum absolute atomic E-state index is 0.111. The number of non-ortho nitro benzene ring substituents is 1. The van der Waals surface area contributed by atoms with E-state index in [0.717, 1.165) is 0 Å². The number of nitro benzene ring substituents is 1. The van der Waals surface area contributed by atoms with Crippen LogP contribution < -0.4 is 10.1 Å². The average molecular weight is 290 g/mol. The molecule has 1 aromatic heterocycles. The summed E-state index contributed by atoms with van der Waals surface area (Å²) < 4.78 is 5.07. The minimum atomic E-state index is -0.529. The quantitative estimate of drug-likeness (QED) is 0.662. The molecule has 0 saturated heterocycles. The number of carbonyl (C=O) groups excluding carboxylic acids is 1. The fourth-order valence-electron chi connectivity index (χ4n) is 1.97. The van der Waals surface area contributed by atoms with Crippen LogP contribution in [0.5, 0.6) is 5.75 Å². The number of nitro groups is 1. The van der Waals surface area contributed by atoms with E-state index in [4.69, 9.17) is 4.74 Å². The first kappa shape index (κ1) is 14.5. The third-order valence-corrected chi connectivity index (χ3v) is 3.00. The molecule has 0 atom stereocenters. The molecule has 0 unspecified atom stereocenters. The third-order valence-electron chi connectivity index (χ3n) is 3.00. The predicted octanol–water partition coefficient (Wildman–Crippen LogP) is 2.20. The Morgan fingerprint density at radius 2 is 2.14 bits per heavy atom. The molecule has 1 amide bonds. The highest BCUT2D eigenvalue weighted by atomic mass is 16.6. The summed E-state index contributed by atoms with van der Waals surface area (Å²) in [5, 5.41) is 20.1. The Balaban J connectivity index is 2.31. The van der Waals surface area contributed by atoms with Crippen molar-refractivity contribution in [2.45, 2.75) is 13.8 Å². The largest absolute Gasteiger partial charge is 0.494 e. The van der Waals surface area contributed by atoms with Crippen molar-refractivity contribution in [1.29, 1.82) is 0 Å². The molecule has 0 radical (unpaired) electrons. The molecule has 0 aliphatic carbocycles. The molecular weight excluding hydrogens is 276 g/mol. The van der Waals surface area contributed by atoms with Gasteiger partial charge >= 0.3 is 0 Å². The zero-order valence-corrected chi connectivity index (χ0v) is 11.8. The number of aromatic amines is 1. The number of hydrogen-bond acceptors (Lipinski definition) is 5. The van der Waals surface area contributed by atoms with Gasteiger partial charge in [-0.25, -0.2) is 0 Å². The van der Waals surface area contributed by atoms with Gasteiger partial charge in [0.05, 0.1) is 35.0 Å². The lowest BCUT2D eigenvalue weighted by Gasteiger charge is -2.10. The van der Waals surface area contributed by atoms with E-state index < -0.39 is 4.92 Å². The van der Waals surface area contributed by atoms with Crippen LogP contribution in [0.4, 0.5) is 11.4 Å². The van der Waals surface area contributed by atoms with Gasteiger partial charge in [-0.2, -0.15) is 5.10 Å². The second kappa shape index (κ2) is 5.61. The second-order valence-corrected chi connectivity index (χ2v) is 4.40. The lowest BCUT2D eigenvalue weighted by molar-refractivity contribution is -0.384. The van der Waals surface area contributed by atoms with Gasteiger partial charge in [-0.1, -0.05) is 0 Å². The van der Waals surface area contributed by atoms with E-state index in [1.54, 1.807) is 13.8 Å². The standard InChI is InChI=1S/C13H14N4O4/c1-7-12(8(2)16-15-7)13(18)14-10-5-4-9(17(19)20)6-11(10)21-3/h4-6H,1-3H3,(H,14,18)(H,15,16). The Morgan fingerprint density at radius 1 is 1.43 bits per heavy atom. The summed E-state index contributed by atoms with van der Waals surface area (Å²) in [5.74, 6) is -0.137. The molecule has 0 spiro atoms. The summed E-state index contributed by atoms with van der Waals surface area (Å²) in [7, 11) is 1.38. The number of carbonyl (C=O) groups is 1. The zero-order valence-electron chi connectivity index (χ0n) is 11.8. The Hall–Kier alpha value is -2.90. The van der Waals surface area contributed by atoms with E-state index in [1.165, 1.54) is 25.3 Å². The first-order valence-electron chi connectivity index (χ1n) is 6.09. The van der Waals surface area contributed by atoms with Gasteiger partial charge < -0.3 is 10.1 Å². The van der Waals surface area contributed by atoms with Crippen LogP contribution in [-0.2, 0) is 0 Å². The molecule has 110 valence electrons. The van der Waals surface area contributed by atoms with E-state index in [-0.39, 0.29) is 17.3 Å². The average Bonchev–Trinajstić information content (AvgIpc) is 2.78. The Bertz CT molecular complexity index is 689. The number of amides is 1. The first-order valence-corrected chi connectivity index (χ1v) is 6.09. The molecule has 2 rings (SSSR count). The highest BCUT2D eigenvalue weighted by Gasteiger charge is 2.18. The van der Waals surface area contributed by atoms with Gasteiger partial charge in [-0.05, 0) is 19.9 Å². The van der Waals surface area contributed by atoms with Crippen molar-refractivity contribution in [2.24, 2.45) is 0 Å². The van der Waals surface area contributed by atoms with Crippen molar-refractivity contribution >= 4 is 17.3 Å². The Kier molecular flexibility index (Phi) is 3.88. The summed E-state index contributed by atoms with van der Waals surface area (Å²) in [6.07, 6.45) is 0. The fraction of sp³-hybridized carbons (Fsp3) is 0.231. The maximum atomic E-state index is 12.2. The molecule has 0 aliphatic rings. The molecule has 0 aliphatic heterocycles. The molecule has 1 aromatic carbocycles. The van der Waals surface area contributed by atoms with Crippen LogP contribution in [0.25, 0.3) is 0 Å². The summed E-state index contributed by atoms with van der Waals surface area (Å²) in [6, 6.07) is 3.98. The number of rotatable bonds is 4. The highest BCUT2D eigenvalue weighted by molar-refractivity contribution is 6.06. The van der Waals surface area contributed by atoms with Gasteiger partial charge in [0.1, 0.15) is 5.75 Å². The van der Waals surface area contributed by atoms with E-state index >= 15 is 0 Å². The third kappa shape index (κ3) is 2.83. The van der Waals surface area contributed by atoms with Crippen molar-refractivity contribution < 1.29 is 14.5 Å². The molecule has 8 nitrogen and oxygen atoms in total. The molecule has 8 heteroatoms. The van der Waals surface area contributed by atoms with Crippen molar-refractivity contribution in [1.82, 2.24) is 10.2 Å². The van der Waals surface area contributed by atoms with Crippen LogP contribution in [0, 0.1) is 24.0 Å². The van der Waals surface area contributed by atoms with Crippen LogP contribution in [0.3, 0.4) is 0 Å². The molecule has 0 fully saturated rings. The Labute approximate surface area is 120 Å². The van der Waals surface area contributed by atoms with Gasteiger partial charge in [0.2, 0.25) is 0 Å². The maximum absolute atomic E-state index is 12.2. The van der Waals surface area contributed by atoms with Crippen LogP contribution in [-0.4, -0.2) is 28.1 Å². The normalized spacial score (nSPS) is 10.2. The van der Waals surface area contributed by atoms with E-state index in [1.807, 2.05) is 0 Å². The zero-order chi connectivity index (χ0) is 15.6. The number of aromatic nitrogens is 2. The number of methoxy groups -OCH3 is 1. The van der Waals surface area contributed by atoms with Gasteiger partial charge in [-0.3, -0.25) is 20.0 Å². The molecule has 2 N–H and O–H groups in total. The number of nitrogens with zero attached hydrogens (tertiary/aromatic N) is 2. The van der Waals surface area contributed by atoms with Crippen LogP contribution in [0.1, 0.15) is 21.7 Å². The number of anilines is 1. The van der Waals surface area contributed by atoms with E-state index in [9.17, 15) is 14.9 Å². The van der Waals surface area contributed by atoms with Gasteiger partial charge in [0, 0.05) is 11.8 Å². The molecule has 21 heavy (non-hydrogen) atoms. The monoisotopic (exact) mass is 290 g/mol. The molecular formula is C13H14N4O4. The van der Waals surface area contributed by atoms with Crippen molar-refractivity contribution in [3.63, 3.8) is 0 Å². The number of hydrogen-bond donors (Lipinski definition) is 2. The fourth-order valence-corrected chi connectivity index (χ4v) is 1.97. The highest BCUT2D eigenvalue weighted by Crippen LogP contribution is 2.29. The van der Waals surface area contributed by atoms with Gasteiger partial charge in [0.15, 0.2) is 0 Å². The lowest BCUT2D eigenvalue weighted by Crippen LogP contribution is -2.14. The van der Waals surface area contributed by atoms with E-state index in [2.05, 4.69) is 15.5 Å². The lowest BCUT2D eigenvalue weighted by atomic mass is 10.1. The summed E-state index contributed by atoms with van der Waals surface area (Å²) in [5.41, 5.74) is 1.90. The van der Waals surface area contributed by atoms with Crippen LogP contribution in [0.15, 0.2) is 18.2 Å². The molecule has 0 saturated carbocycles. The number of nitrogens with one attached hydrogen (secondary N) is 2. The maximum Gasteiger partial charge on any atom is 0.273 e. The molecule has 1 heterocycles. The minimum Gasteiger partial charge on any atom is -0.494 e. The summed E-state index contributed by atoms with van der Waals surface area (Å²) >= 11 is 0. The molecule has 2 aromatic rings. The van der Waals surface area contributed by atoms with Crippen molar-refractivity contribution in [3.8, 4) is 5.75 Å². The van der Waals surface area contributed by atoms with Gasteiger partial charge in [0.25, 0.3) is 11.6 Å². The van der Waals surface area contributed by atoms with Crippen molar-refractivity contribution in [3.05, 3.63) is 45.3 Å². The Morgan fingerprint density at radius 3 is 2.67 bits per heavy atom. The second-order valence-electron chi connectivity index (χ2n) is 4.40. The van der Waals surface area contributed by atoms with E-state index in [0.29, 0.717) is 22.6 Å². The molecule has 0 bridgehead atoms. The van der Waals surface area contributed by atoms with Crippen LogP contribution >= 0.6 is 0 Å². The van der Waals surface area contributed by atoms with Gasteiger partial charge in [-0.15, -0.1) is 0 Å². The number of H-pyrrole nitrogens is 1. The number of benzene rings is 1. The smallest absolute Gasteiger partial charge is 0.273 e. The first-order chi connectivity index (χ1) is 9.93. The van der Waals surface area contributed by atoms with Crippen LogP contribution in [0.2, 0.25) is 0 Å². The predicted molar refractivity (Wildman–Crippen MR) is 75.7 cm³/mol. The summed E-state index contributed by atoms with van der Waals surface area (Å²) in [4.78, 5) is 22.4. The topological polar surface area (TPSA) is 110 Å².